The van der Waals surface area contributed by atoms with Gasteiger partial charge in [-0.2, -0.15) is 4.68 Å². The first-order valence-electron chi connectivity index (χ1n) is 8.96. The number of aryl methyl sites for hydroxylation is 1. The van der Waals surface area contributed by atoms with E-state index < -0.39 is 0 Å². The average Bonchev–Trinajstić information content (AvgIpc) is 3.19. The number of carbonyl (C=O) groups is 1. The second-order valence-corrected chi connectivity index (χ2v) is 7.23. The van der Waals surface area contributed by atoms with Crippen LogP contribution in [-0.4, -0.2) is 57.0 Å². The molecule has 3 rings (SSSR count). The van der Waals surface area contributed by atoms with E-state index in [1.165, 1.54) is 11.8 Å². The quantitative estimate of drug-likeness (QED) is 0.517. The number of thioether (sulfide) groups is 1. The first-order chi connectivity index (χ1) is 13.7. The number of hydrogen-bond donors (Lipinski definition) is 0. The predicted molar refractivity (Wildman–Crippen MR) is 108 cm³/mol. The molecule has 7 nitrogen and oxygen atoms in total. The van der Waals surface area contributed by atoms with Crippen molar-refractivity contribution in [1.82, 2.24) is 25.1 Å². The van der Waals surface area contributed by atoms with Crippen molar-refractivity contribution in [1.29, 1.82) is 0 Å². The van der Waals surface area contributed by atoms with Crippen LogP contribution in [0, 0.1) is 6.92 Å². The van der Waals surface area contributed by atoms with Crippen molar-refractivity contribution in [3.05, 3.63) is 65.7 Å². The summed E-state index contributed by atoms with van der Waals surface area (Å²) in [6, 6.07) is 17.8. The number of ether oxygens (including phenoxy) is 1. The molecule has 0 saturated carbocycles. The molecule has 0 atom stereocenters. The monoisotopic (exact) mass is 397 g/mol. The highest BCUT2D eigenvalue weighted by atomic mass is 32.2. The lowest BCUT2D eigenvalue weighted by molar-refractivity contribution is -0.129. The van der Waals surface area contributed by atoms with Gasteiger partial charge in [-0.05, 0) is 35.0 Å². The Labute approximate surface area is 168 Å². The maximum Gasteiger partial charge on any atom is 0.233 e. The highest BCUT2D eigenvalue weighted by Crippen LogP contribution is 2.19. The lowest BCUT2D eigenvalue weighted by atomic mass is 10.2. The minimum Gasteiger partial charge on any atom is -0.383 e. The van der Waals surface area contributed by atoms with Gasteiger partial charge in [0, 0.05) is 20.2 Å². The van der Waals surface area contributed by atoms with Crippen LogP contribution in [0.15, 0.2) is 59.8 Å². The summed E-state index contributed by atoms with van der Waals surface area (Å²) in [5.41, 5.74) is 3.11. The minimum atomic E-state index is 0.0179. The van der Waals surface area contributed by atoms with Crippen LogP contribution >= 0.6 is 11.8 Å². The summed E-state index contributed by atoms with van der Waals surface area (Å²) < 4.78 is 6.81. The largest absolute Gasteiger partial charge is 0.383 e. The molecule has 0 saturated heterocycles. The third-order valence-corrected chi connectivity index (χ3v) is 5.08. The number of tetrazole rings is 1. The average molecular weight is 398 g/mol. The Morgan fingerprint density at radius 2 is 1.89 bits per heavy atom. The van der Waals surface area contributed by atoms with Crippen molar-refractivity contribution in [2.75, 3.05) is 26.0 Å². The topological polar surface area (TPSA) is 73.1 Å². The summed E-state index contributed by atoms with van der Waals surface area (Å²) in [7, 11) is 1.63. The molecule has 1 aromatic heterocycles. The number of methoxy groups -OCH3 is 1. The lowest BCUT2D eigenvalue weighted by Gasteiger charge is -2.22. The van der Waals surface area contributed by atoms with E-state index in [0.717, 1.165) is 16.8 Å². The van der Waals surface area contributed by atoms with Gasteiger partial charge in [0.2, 0.25) is 11.1 Å². The third kappa shape index (κ3) is 5.40. The Balaban J connectivity index is 1.66. The van der Waals surface area contributed by atoms with E-state index in [0.29, 0.717) is 24.9 Å². The Bertz CT molecular complexity index is 883. The van der Waals surface area contributed by atoms with Gasteiger partial charge in [-0.1, -0.05) is 59.8 Å². The molecule has 0 aliphatic heterocycles. The van der Waals surface area contributed by atoms with Crippen molar-refractivity contribution in [2.45, 2.75) is 18.6 Å². The zero-order valence-corrected chi connectivity index (χ0v) is 16.8. The van der Waals surface area contributed by atoms with Crippen LogP contribution in [0.5, 0.6) is 0 Å². The number of rotatable bonds is 9. The molecule has 0 aliphatic rings. The molecule has 0 fully saturated rings. The van der Waals surface area contributed by atoms with Gasteiger partial charge in [0.1, 0.15) is 0 Å². The van der Waals surface area contributed by atoms with Gasteiger partial charge < -0.3 is 9.64 Å². The van der Waals surface area contributed by atoms with E-state index in [1.807, 2.05) is 61.5 Å². The molecule has 0 spiro atoms. The van der Waals surface area contributed by atoms with Gasteiger partial charge in [0.25, 0.3) is 0 Å². The Kier molecular flexibility index (Phi) is 7.16. The van der Waals surface area contributed by atoms with Crippen molar-refractivity contribution in [2.24, 2.45) is 0 Å². The lowest BCUT2D eigenvalue weighted by Crippen LogP contribution is -2.34. The summed E-state index contributed by atoms with van der Waals surface area (Å²) in [5.74, 6) is 0.271. The van der Waals surface area contributed by atoms with Gasteiger partial charge in [0.15, 0.2) is 0 Å². The summed E-state index contributed by atoms with van der Waals surface area (Å²) >= 11 is 1.33. The van der Waals surface area contributed by atoms with Crippen LogP contribution in [-0.2, 0) is 16.1 Å². The first-order valence-corrected chi connectivity index (χ1v) is 9.95. The van der Waals surface area contributed by atoms with E-state index in [9.17, 15) is 4.79 Å². The van der Waals surface area contributed by atoms with E-state index >= 15 is 0 Å². The molecular formula is C20H23N5O2S. The third-order valence-electron chi connectivity index (χ3n) is 4.18. The highest BCUT2D eigenvalue weighted by Gasteiger charge is 2.17. The fourth-order valence-corrected chi connectivity index (χ4v) is 3.43. The van der Waals surface area contributed by atoms with Gasteiger partial charge in [0.05, 0.1) is 18.0 Å². The van der Waals surface area contributed by atoms with Crippen LogP contribution in [0.2, 0.25) is 0 Å². The van der Waals surface area contributed by atoms with Crippen LogP contribution in [0.1, 0.15) is 11.1 Å². The smallest absolute Gasteiger partial charge is 0.233 e. The second-order valence-electron chi connectivity index (χ2n) is 6.29. The molecular weight excluding hydrogens is 374 g/mol. The SMILES string of the molecule is COCCN(Cc1ccccc1)C(=O)CSc1nnnn1-c1ccc(C)cc1. The summed E-state index contributed by atoms with van der Waals surface area (Å²) in [6.45, 7) is 3.60. The zero-order valence-electron chi connectivity index (χ0n) is 16.0. The van der Waals surface area contributed by atoms with Gasteiger partial charge in [-0.3, -0.25) is 4.79 Å². The standard InChI is InChI=1S/C20H23N5O2S/c1-16-8-10-18(11-9-16)25-20(21-22-23-25)28-15-19(26)24(12-13-27-2)14-17-6-4-3-5-7-17/h3-11H,12-15H2,1-2H3. The maximum atomic E-state index is 12.8. The van der Waals surface area contributed by atoms with Crippen molar-refractivity contribution in [3.63, 3.8) is 0 Å². The molecule has 1 heterocycles. The molecule has 0 unspecified atom stereocenters. The van der Waals surface area contributed by atoms with Crippen LogP contribution in [0.3, 0.4) is 0 Å². The second kappa shape index (κ2) is 10.0. The van der Waals surface area contributed by atoms with Gasteiger partial charge >= 0.3 is 0 Å². The van der Waals surface area contributed by atoms with E-state index in [-0.39, 0.29) is 11.7 Å². The number of hydrogen-bond acceptors (Lipinski definition) is 6. The van der Waals surface area contributed by atoms with Crippen LogP contribution in [0.25, 0.3) is 5.69 Å². The van der Waals surface area contributed by atoms with E-state index in [4.69, 9.17) is 4.74 Å². The molecule has 28 heavy (non-hydrogen) atoms. The number of nitrogens with zero attached hydrogens (tertiary/aromatic N) is 5. The molecule has 0 aliphatic carbocycles. The molecule has 146 valence electrons. The van der Waals surface area contributed by atoms with Gasteiger partial charge in [-0.15, -0.1) is 5.10 Å². The number of aromatic nitrogens is 4. The van der Waals surface area contributed by atoms with E-state index in [1.54, 1.807) is 16.7 Å². The first kappa shape index (κ1) is 20.0. The number of amides is 1. The Morgan fingerprint density at radius 3 is 2.61 bits per heavy atom. The zero-order chi connectivity index (χ0) is 19.8. The summed E-state index contributed by atoms with van der Waals surface area (Å²) in [4.78, 5) is 14.6. The fourth-order valence-electron chi connectivity index (χ4n) is 2.63. The van der Waals surface area contributed by atoms with Crippen LogP contribution in [0.4, 0.5) is 0 Å². The van der Waals surface area contributed by atoms with E-state index in [2.05, 4.69) is 15.5 Å². The van der Waals surface area contributed by atoms with Crippen molar-refractivity contribution in [3.8, 4) is 5.69 Å². The normalized spacial score (nSPS) is 10.8. The molecule has 8 heteroatoms. The molecule has 1 amide bonds. The maximum absolute atomic E-state index is 12.8. The number of benzene rings is 2. The Hall–Kier alpha value is -2.71. The molecule has 0 radical (unpaired) electrons. The predicted octanol–water partition coefficient (Wildman–Crippen LogP) is 2.74. The van der Waals surface area contributed by atoms with Crippen LogP contribution < -0.4 is 0 Å². The van der Waals surface area contributed by atoms with Gasteiger partial charge in [-0.25, -0.2) is 0 Å². The summed E-state index contributed by atoms with van der Waals surface area (Å²) in [5, 5.41) is 12.5. The molecule has 3 aromatic rings. The summed E-state index contributed by atoms with van der Waals surface area (Å²) in [6.07, 6.45) is 0. The number of carbonyl (C=O) groups excluding carboxylic acids is 1. The highest BCUT2D eigenvalue weighted by molar-refractivity contribution is 7.99. The van der Waals surface area contributed by atoms with Crippen molar-refractivity contribution < 1.29 is 9.53 Å². The molecule has 2 aromatic carbocycles. The minimum absolute atomic E-state index is 0.0179. The Morgan fingerprint density at radius 1 is 1.14 bits per heavy atom. The fraction of sp³-hybridized carbons (Fsp3) is 0.300. The van der Waals surface area contributed by atoms with Crippen molar-refractivity contribution >= 4 is 17.7 Å². The molecule has 0 N–H and O–H groups in total. The molecule has 0 bridgehead atoms.